The molecular formula is C14H25N5. The average Bonchev–Trinajstić information content (AvgIpc) is 2.89. The Morgan fingerprint density at radius 3 is 2.84 bits per heavy atom. The van der Waals surface area contributed by atoms with E-state index in [0.29, 0.717) is 6.04 Å². The van der Waals surface area contributed by atoms with Crippen LogP contribution in [0, 0.1) is 0 Å². The average molecular weight is 263 g/mol. The van der Waals surface area contributed by atoms with Crippen LogP contribution in [-0.2, 0) is 0 Å². The number of hydrogen-bond donors (Lipinski definition) is 1. The summed E-state index contributed by atoms with van der Waals surface area (Å²) in [6.07, 6.45) is 5.18. The van der Waals surface area contributed by atoms with E-state index in [-0.39, 0.29) is 0 Å². The zero-order valence-electron chi connectivity index (χ0n) is 12.0. The first-order valence-electron chi connectivity index (χ1n) is 7.33. The normalized spacial score (nSPS) is 18.9. The van der Waals surface area contributed by atoms with Gasteiger partial charge < -0.3 is 15.5 Å². The van der Waals surface area contributed by atoms with Gasteiger partial charge in [-0.2, -0.15) is 0 Å². The highest BCUT2D eigenvalue weighted by atomic mass is 15.3. The molecule has 2 heterocycles. The fourth-order valence-electron chi connectivity index (χ4n) is 2.84. The monoisotopic (exact) mass is 263 g/mol. The van der Waals surface area contributed by atoms with E-state index in [9.17, 15) is 0 Å². The molecule has 2 N–H and O–H groups in total. The molecule has 5 heteroatoms. The number of nitrogens with two attached hydrogens (primary N) is 1. The van der Waals surface area contributed by atoms with Gasteiger partial charge in [-0.15, -0.1) is 0 Å². The van der Waals surface area contributed by atoms with E-state index in [4.69, 9.17) is 5.73 Å². The van der Waals surface area contributed by atoms with E-state index in [1.54, 1.807) is 6.33 Å². The summed E-state index contributed by atoms with van der Waals surface area (Å²) in [6.45, 7) is 8.07. The van der Waals surface area contributed by atoms with Crippen molar-refractivity contribution in [3.8, 4) is 0 Å². The molecule has 1 fully saturated rings. The standard InChI is InChI=1S/C14H25N5/c1-3-18(4-2)13-10-14(17-11-16-13)19-9-5-6-12(19)7-8-15/h10-12H,3-9,15H2,1-2H3. The minimum atomic E-state index is 0.546. The summed E-state index contributed by atoms with van der Waals surface area (Å²) >= 11 is 0. The Morgan fingerprint density at radius 2 is 2.16 bits per heavy atom. The Hall–Kier alpha value is -1.36. The highest BCUT2D eigenvalue weighted by Gasteiger charge is 2.25. The van der Waals surface area contributed by atoms with Gasteiger partial charge in [-0.05, 0) is 39.7 Å². The molecule has 1 aromatic rings. The van der Waals surface area contributed by atoms with E-state index in [1.165, 1.54) is 12.8 Å². The summed E-state index contributed by atoms with van der Waals surface area (Å²) in [5, 5.41) is 0. The van der Waals surface area contributed by atoms with Gasteiger partial charge in [0.2, 0.25) is 0 Å². The zero-order valence-corrected chi connectivity index (χ0v) is 12.0. The fourth-order valence-corrected chi connectivity index (χ4v) is 2.84. The maximum Gasteiger partial charge on any atom is 0.134 e. The highest BCUT2D eigenvalue weighted by Crippen LogP contribution is 2.27. The molecule has 1 aliphatic heterocycles. The summed E-state index contributed by atoms with van der Waals surface area (Å²) < 4.78 is 0. The molecule has 0 amide bonds. The van der Waals surface area contributed by atoms with Crippen LogP contribution in [0.1, 0.15) is 33.1 Å². The highest BCUT2D eigenvalue weighted by molar-refractivity contribution is 5.51. The molecule has 0 radical (unpaired) electrons. The van der Waals surface area contributed by atoms with Gasteiger partial charge in [0.15, 0.2) is 0 Å². The predicted molar refractivity (Wildman–Crippen MR) is 79.6 cm³/mol. The van der Waals surface area contributed by atoms with Crippen LogP contribution < -0.4 is 15.5 Å². The quantitative estimate of drug-likeness (QED) is 0.845. The van der Waals surface area contributed by atoms with Crippen molar-refractivity contribution in [3.05, 3.63) is 12.4 Å². The second kappa shape index (κ2) is 6.70. The second-order valence-electron chi connectivity index (χ2n) is 4.97. The number of nitrogens with zero attached hydrogens (tertiary/aromatic N) is 4. The van der Waals surface area contributed by atoms with Gasteiger partial charge in [-0.3, -0.25) is 0 Å². The number of rotatable bonds is 6. The molecule has 1 unspecified atom stereocenters. The van der Waals surface area contributed by atoms with Crippen molar-refractivity contribution in [2.45, 2.75) is 39.2 Å². The van der Waals surface area contributed by atoms with Gasteiger partial charge >= 0.3 is 0 Å². The van der Waals surface area contributed by atoms with Crippen LogP contribution in [0.15, 0.2) is 12.4 Å². The first kappa shape index (κ1) is 14.1. The van der Waals surface area contributed by atoms with E-state index < -0.39 is 0 Å². The number of aromatic nitrogens is 2. The number of anilines is 2. The third-order valence-electron chi connectivity index (χ3n) is 3.90. The first-order chi connectivity index (χ1) is 9.30. The van der Waals surface area contributed by atoms with Gasteiger partial charge in [0.25, 0.3) is 0 Å². The molecule has 19 heavy (non-hydrogen) atoms. The van der Waals surface area contributed by atoms with Gasteiger partial charge in [0.05, 0.1) is 0 Å². The molecule has 0 aromatic carbocycles. The topological polar surface area (TPSA) is 58.3 Å². The van der Waals surface area contributed by atoms with Crippen LogP contribution in [0.5, 0.6) is 0 Å². The van der Waals surface area contributed by atoms with Crippen LogP contribution in [0.2, 0.25) is 0 Å². The smallest absolute Gasteiger partial charge is 0.134 e. The lowest BCUT2D eigenvalue weighted by Gasteiger charge is -2.27. The largest absolute Gasteiger partial charge is 0.357 e. The van der Waals surface area contributed by atoms with Crippen molar-refractivity contribution in [1.29, 1.82) is 0 Å². The van der Waals surface area contributed by atoms with Crippen LogP contribution >= 0.6 is 0 Å². The summed E-state index contributed by atoms with van der Waals surface area (Å²) in [5.74, 6) is 2.07. The molecule has 5 nitrogen and oxygen atoms in total. The Labute approximate surface area is 115 Å². The van der Waals surface area contributed by atoms with Gasteiger partial charge in [-0.1, -0.05) is 0 Å². The lowest BCUT2D eigenvalue weighted by atomic mass is 10.1. The van der Waals surface area contributed by atoms with Crippen molar-refractivity contribution < 1.29 is 0 Å². The molecule has 1 aromatic heterocycles. The first-order valence-corrected chi connectivity index (χ1v) is 7.33. The minimum Gasteiger partial charge on any atom is -0.357 e. The zero-order chi connectivity index (χ0) is 13.7. The molecule has 106 valence electrons. The number of hydrogen-bond acceptors (Lipinski definition) is 5. The van der Waals surface area contributed by atoms with Gasteiger partial charge in [0, 0.05) is 31.7 Å². The van der Waals surface area contributed by atoms with Gasteiger partial charge in [-0.25, -0.2) is 9.97 Å². The summed E-state index contributed by atoms with van der Waals surface area (Å²) in [7, 11) is 0. The molecule has 0 saturated carbocycles. The molecule has 0 bridgehead atoms. The van der Waals surface area contributed by atoms with Gasteiger partial charge in [0.1, 0.15) is 18.0 Å². The van der Waals surface area contributed by atoms with Crippen molar-refractivity contribution >= 4 is 11.6 Å². The van der Waals surface area contributed by atoms with Crippen molar-refractivity contribution in [2.75, 3.05) is 36.0 Å². The lowest BCUT2D eigenvalue weighted by Crippen LogP contribution is -2.32. The summed E-state index contributed by atoms with van der Waals surface area (Å²) in [6, 6.07) is 2.66. The molecule has 0 aliphatic carbocycles. The predicted octanol–water partition coefficient (Wildman–Crippen LogP) is 1.64. The van der Waals surface area contributed by atoms with Crippen LogP contribution in [0.25, 0.3) is 0 Å². The minimum absolute atomic E-state index is 0.546. The maximum absolute atomic E-state index is 5.70. The third-order valence-corrected chi connectivity index (χ3v) is 3.90. The Morgan fingerprint density at radius 1 is 1.37 bits per heavy atom. The third kappa shape index (κ3) is 3.15. The molecular weight excluding hydrogens is 238 g/mol. The summed E-state index contributed by atoms with van der Waals surface area (Å²) in [5.41, 5.74) is 5.70. The van der Waals surface area contributed by atoms with Crippen molar-refractivity contribution in [2.24, 2.45) is 5.73 Å². The Balaban J connectivity index is 2.18. The fraction of sp³-hybridized carbons (Fsp3) is 0.714. The van der Waals surface area contributed by atoms with E-state index in [1.807, 2.05) is 0 Å². The van der Waals surface area contributed by atoms with Crippen molar-refractivity contribution in [1.82, 2.24) is 9.97 Å². The second-order valence-corrected chi connectivity index (χ2v) is 4.97. The van der Waals surface area contributed by atoms with E-state index >= 15 is 0 Å². The molecule has 1 aliphatic rings. The van der Waals surface area contributed by atoms with E-state index in [2.05, 4.69) is 39.7 Å². The molecule has 2 rings (SSSR count). The molecule has 1 saturated heterocycles. The summed E-state index contributed by atoms with van der Waals surface area (Å²) in [4.78, 5) is 13.5. The lowest BCUT2D eigenvalue weighted by molar-refractivity contribution is 0.614. The Kier molecular flexibility index (Phi) is 4.96. The van der Waals surface area contributed by atoms with Crippen LogP contribution in [0.3, 0.4) is 0 Å². The molecule has 1 atom stereocenters. The van der Waals surface area contributed by atoms with Crippen molar-refractivity contribution in [3.63, 3.8) is 0 Å². The van der Waals surface area contributed by atoms with Crippen LogP contribution in [0.4, 0.5) is 11.6 Å². The maximum atomic E-state index is 5.70. The van der Waals surface area contributed by atoms with Crippen LogP contribution in [-0.4, -0.2) is 42.2 Å². The molecule has 0 spiro atoms. The Bertz CT molecular complexity index is 391. The SMILES string of the molecule is CCN(CC)c1cc(N2CCCC2CCN)ncn1. The van der Waals surface area contributed by atoms with E-state index in [0.717, 1.165) is 44.2 Å².